The molecule has 11 heteroatoms. The lowest BCUT2D eigenvalue weighted by Gasteiger charge is -2.40. The molecule has 2 heterocycles. The number of hydrogen-bond donors (Lipinski definition) is 1. The lowest BCUT2D eigenvalue weighted by molar-refractivity contribution is -0.262. The van der Waals surface area contributed by atoms with Crippen LogP contribution in [0.4, 0.5) is 23.2 Å². The number of alkyl halides is 3. The second-order valence-corrected chi connectivity index (χ2v) is 11.9. The van der Waals surface area contributed by atoms with E-state index >= 15 is 0 Å². The quantitative estimate of drug-likeness (QED) is 0.429. The van der Waals surface area contributed by atoms with E-state index in [1.54, 1.807) is 20.2 Å². The third-order valence-corrected chi connectivity index (χ3v) is 8.63. The number of aliphatic hydroxyl groups is 1. The van der Waals surface area contributed by atoms with Gasteiger partial charge in [-0.2, -0.15) is 13.2 Å². The first-order valence-electron chi connectivity index (χ1n) is 13.8. The number of carbonyl (C=O) groups is 2. The maximum absolute atomic E-state index is 14.1. The second kappa shape index (κ2) is 12.2. The molecule has 1 atom stereocenters. The van der Waals surface area contributed by atoms with Crippen molar-refractivity contribution in [3.8, 4) is 0 Å². The van der Waals surface area contributed by atoms with Crippen molar-refractivity contribution >= 4 is 29.1 Å². The summed E-state index contributed by atoms with van der Waals surface area (Å²) in [5, 5.41) is 11.1. The van der Waals surface area contributed by atoms with E-state index in [2.05, 4.69) is 4.90 Å². The van der Waals surface area contributed by atoms with Crippen LogP contribution in [-0.2, 0) is 10.4 Å². The van der Waals surface area contributed by atoms with Gasteiger partial charge in [0.05, 0.1) is 10.6 Å². The van der Waals surface area contributed by atoms with Crippen LogP contribution in [0.15, 0.2) is 36.4 Å². The van der Waals surface area contributed by atoms with Crippen molar-refractivity contribution in [3.63, 3.8) is 0 Å². The predicted molar refractivity (Wildman–Crippen MR) is 149 cm³/mol. The maximum atomic E-state index is 14.1. The Kier molecular flexibility index (Phi) is 9.23. The highest BCUT2D eigenvalue weighted by molar-refractivity contribution is 6.34. The number of benzene rings is 2. The summed E-state index contributed by atoms with van der Waals surface area (Å²) in [6, 6.07) is 8.08. The first-order valence-corrected chi connectivity index (χ1v) is 14.2. The van der Waals surface area contributed by atoms with Gasteiger partial charge in [0.15, 0.2) is 0 Å². The van der Waals surface area contributed by atoms with Gasteiger partial charge in [-0.25, -0.2) is 4.39 Å². The van der Waals surface area contributed by atoms with E-state index in [1.165, 1.54) is 11.8 Å². The van der Waals surface area contributed by atoms with E-state index in [9.17, 15) is 32.3 Å². The van der Waals surface area contributed by atoms with Crippen LogP contribution in [0.5, 0.6) is 0 Å². The molecule has 1 unspecified atom stereocenters. The minimum Gasteiger partial charge on any atom is -0.371 e. The lowest BCUT2D eigenvalue weighted by Crippen LogP contribution is -2.57. The van der Waals surface area contributed by atoms with Crippen LogP contribution in [0.3, 0.4) is 0 Å². The van der Waals surface area contributed by atoms with E-state index < -0.39 is 29.1 Å². The van der Waals surface area contributed by atoms with Crippen LogP contribution >= 0.6 is 11.6 Å². The van der Waals surface area contributed by atoms with Gasteiger partial charge in [-0.05, 0) is 86.8 Å². The Morgan fingerprint density at radius 1 is 0.976 bits per heavy atom. The number of anilines is 1. The molecule has 0 aliphatic carbocycles. The first-order chi connectivity index (χ1) is 19.2. The van der Waals surface area contributed by atoms with Crippen molar-refractivity contribution in [1.82, 2.24) is 9.80 Å². The first kappa shape index (κ1) is 31.1. The molecule has 0 radical (unpaired) electrons. The van der Waals surface area contributed by atoms with Crippen molar-refractivity contribution in [2.45, 2.75) is 50.8 Å². The maximum Gasteiger partial charge on any atom is 0.430 e. The fourth-order valence-electron chi connectivity index (χ4n) is 5.97. The molecule has 0 aromatic heterocycles. The average Bonchev–Trinajstić information content (AvgIpc) is 2.91. The number of likely N-dealkylation sites (tertiary alicyclic amines) is 1. The Hall–Kier alpha value is -2.85. The summed E-state index contributed by atoms with van der Waals surface area (Å²) in [7, 11) is 3.35. The zero-order valence-corrected chi connectivity index (χ0v) is 24.2. The summed E-state index contributed by atoms with van der Waals surface area (Å²) in [4.78, 5) is 30.1. The van der Waals surface area contributed by atoms with Gasteiger partial charge in [0.25, 0.3) is 17.4 Å². The Morgan fingerprint density at radius 2 is 1.56 bits per heavy atom. The van der Waals surface area contributed by atoms with Gasteiger partial charge in [0.2, 0.25) is 0 Å². The molecule has 2 aromatic rings. The fourth-order valence-corrected chi connectivity index (χ4v) is 6.22. The Bertz CT molecular complexity index is 1250. The number of aryl methyl sites for hydroxylation is 1. The molecule has 2 amide bonds. The van der Waals surface area contributed by atoms with Crippen LogP contribution < -0.4 is 4.90 Å². The number of amides is 2. The van der Waals surface area contributed by atoms with E-state index in [-0.39, 0.29) is 30.5 Å². The molecular formula is C30H36ClF4N3O3. The SMILES string of the molecule is Cc1cc(F)cc(C(O)(C(=O)N2CCC(CC3CCN(c4ccc(C(=O)N(C)C)c(Cl)c4)CC3)CC2)C(F)(F)F)c1. The minimum atomic E-state index is -5.30. The predicted octanol–water partition coefficient (Wildman–Crippen LogP) is 5.78. The standard InChI is InChI=1S/C30H36ClF4N3O3/c1-19-14-22(17-23(32)15-19)29(41,30(33,34)35)28(40)38-12-8-21(9-13-38)16-20-6-10-37(11-7-20)24-4-5-25(26(31)18-24)27(39)36(2)3/h4-5,14-15,17-18,20-21,41H,6-13,16H2,1-3H3. The summed E-state index contributed by atoms with van der Waals surface area (Å²) in [5.41, 5.74) is -3.01. The third kappa shape index (κ3) is 6.64. The van der Waals surface area contributed by atoms with Crippen molar-refractivity contribution in [2.75, 3.05) is 45.2 Å². The molecular weight excluding hydrogens is 562 g/mol. The monoisotopic (exact) mass is 597 g/mol. The number of halogens is 5. The summed E-state index contributed by atoms with van der Waals surface area (Å²) in [6.07, 6.45) is -1.41. The highest BCUT2D eigenvalue weighted by Crippen LogP contribution is 2.42. The van der Waals surface area contributed by atoms with Gasteiger partial charge in [-0.3, -0.25) is 9.59 Å². The molecule has 1 N–H and O–H groups in total. The normalized spacial score (nSPS) is 18.8. The van der Waals surface area contributed by atoms with Crippen LogP contribution in [0, 0.1) is 24.6 Å². The Labute approximate surface area is 242 Å². The molecule has 4 rings (SSSR count). The topological polar surface area (TPSA) is 64.1 Å². The average molecular weight is 598 g/mol. The summed E-state index contributed by atoms with van der Waals surface area (Å²) < 4.78 is 56.1. The molecule has 2 saturated heterocycles. The molecule has 2 fully saturated rings. The molecule has 0 spiro atoms. The molecule has 6 nitrogen and oxygen atoms in total. The molecule has 0 saturated carbocycles. The Morgan fingerprint density at radius 3 is 2.07 bits per heavy atom. The summed E-state index contributed by atoms with van der Waals surface area (Å²) in [5.74, 6) is -1.85. The number of hydrogen-bond acceptors (Lipinski definition) is 4. The third-order valence-electron chi connectivity index (χ3n) is 8.32. The zero-order valence-electron chi connectivity index (χ0n) is 23.5. The molecule has 2 aromatic carbocycles. The smallest absolute Gasteiger partial charge is 0.371 e. The molecule has 224 valence electrons. The number of carbonyl (C=O) groups excluding carboxylic acids is 2. The number of rotatable bonds is 6. The van der Waals surface area contributed by atoms with Gasteiger partial charge in [0.1, 0.15) is 5.82 Å². The highest BCUT2D eigenvalue weighted by Gasteiger charge is 2.62. The largest absolute Gasteiger partial charge is 0.430 e. The van der Waals surface area contributed by atoms with Gasteiger partial charge in [-0.1, -0.05) is 17.7 Å². The number of piperidine rings is 2. The molecule has 0 bridgehead atoms. The Balaban J connectivity index is 1.32. The van der Waals surface area contributed by atoms with Gasteiger partial charge in [0, 0.05) is 51.5 Å². The minimum absolute atomic E-state index is 0.103. The van der Waals surface area contributed by atoms with Crippen LogP contribution in [0.1, 0.15) is 53.6 Å². The van der Waals surface area contributed by atoms with E-state index in [4.69, 9.17) is 11.6 Å². The van der Waals surface area contributed by atoms with Crippen molar-refractivity contribution in [3.05, 3.63) is 63.9 Å². The lowest BCUT2D eigenvalue weighted by atomic mass is 9.82. The molecule has 2 aliphatic rings. The zero-order chi connectivity index (χ0) is 30.1. The van der Waals surface area contributed by atoms with Crippen LogP contribution in [0.25, 0.3) is 0 Å². The summed E-state index contributed by atoms with van der Waals surface area (Å²) >= 11 is 6.38. The second-order valence-electron chi connectivity index (χ2n) is 11.5. The highest BCUT2D eigenvalue weighted by atomic mass is 35.5. The van der Waals surface area contributed by atoms with Gasteiger partial charge in [-0.15, -0.1) is 0 Å². The van der Waals surface area contributed by atoms with Crippen LogP contribution in [0.2, 0.25) is 5.02 Å². The number of nitrogens with zero attached hydrogens (tertiary/aromatic N) is 3. The fraction of sp³-hybridized carbons (Fsp3) is 0.533. The van der Waals surface area contributed by atoms with E-state index in [0.29, 0.717) is 35.4 Å². The molecule has 2 aliphatic heterocycles. The van der Waals surface area contributed by atoms with E-state index in [1.807, 2.05) is 12.1 Å². The van der Waals surface area contributed by atoms with Gasteiger partial charge >= 0.3 is 6.18 Å². The van der Waals surface area contributed by atoms with Crippen molar-refractivity contribution < 1.29 is 32.3 Å². The van der Waals surface area contributed by atoms with Crippen molar-refractivity contribution in [1.29, 1.82) is 0 Å². The van der Waals surface area contributed by atoms with Crippen molar-refractivity contribution in [2.24, 2.45) is 11.8 Å². The molecule has 41 heavy (non-hydrogen) atoms. The van der Waals surface area contributed by atoms with Crippen LogP contribution in [-0.4, -0.2) is 73.2 Å². The summed E-state index contributed by atoms with van der Waals surface area (Å²) in [6.45, 7) is 3.26. The van der Waals surface area contributed by atoms with Gasteiger partial charge < -0.3 is 19.8 Å². The van der Waals surface area contributed by atoms with E-state index in [0.717, 1.165) is 55.1 Å².